The summed E-state index contributed by atoms with van der Waals surface area (Å²) >= 11 is 0. The molecule has 0 saturated carbocycles. The molecule has 3 heteroatoms. The molecule has 3 nitrogen and oxygen atoms in total. The van der Waals surface area contributed by atoms with Gasteiger partial charge in [-0.1, -0.05) is 98.8 Å². The van der Waals surface area contributed by atoms with Crippen LogP contribution in [0.15, 0.2) is 194 Å². The molecule has 48 heavy (non-hydrogen) atoms. The van der Waals surface area contributed by atoms with Crippen molar-refractivity contribution in [1.29, 1.82) is 0 Å². The number of benzene rings is 7. The van der Waals surface area contributed by atoms with E-state index < -0.39 is 0 Å². The van der Waals surface area contributed by atoms with Crippen molar-refractivity contribution < 1.29 is 0 Å². The molecule has 0 aliphatic heterocycles. The summed E-state index contributed by atoms with van der Waals surface area (Å²) in [6.07, 6.45) is 0. The molecule has 0 aromatic heterocycles. The molecule has 0 radical (unpaired) electrons. The van der Waals surface area contributed by atoms with Gasteiger partial charge >= 0.3 is 0 Å². The van der Waals surface area contributed by atoms with E-state index >= 15 is 0 Å². The van der Waals surface area contributed by atoms with Crippen molar-refractivity contribution in [2.45, 2.75) is 19.8 Å². The summed E-state index contributed by atoms with van der Waals surface area (Å²) in [7, 11) is 0. The van der Waals surface area contributed by atoms with Crippen LogP contribution in [0, 0.1) is 0 Å². The Balaban J connectivity index is 1.28. The number of hydrogen-bond acceptors (Lipinski definition) is 3. The van der Waals surface area contributed by atoms with E-state index in [4.69, 9.17) is 0 Å². The van der Waals surface area contributed by atoms with Crippen LogP contribution in [0.3, 0.4) is 0 Å². The molecule has 0 aliphatic rings. The van der Waals surface area contributed by atoms with Crippen LogP contribution >= 0.6 is 0 Å². The third-order valence-electron chi connectivity index (χ3n) is 8.61. The fraction of sp³-hybridized carbons (Fsp3) is 0.0667. The summed E-state index contributed by atoms with van der Waals surface area (Å²) in [6.45, 7) is 4.47. The minimum atomic E-state index is 0.468. The average molecular weight is 622 g/mol. The normalized spacial score (nSPS) is 10.9. The maximum absolute atomic E-state index is 2.34. The van der Waals surface area contributed by atoms with Gasteiger partial charge in [-0.15, -0.1) is 0 Å². The molecule has 0 fully saturated rings. The lowest BCUT2D eigenvalue weighted by Crippen LogP contribution is -2.13. The van der Waals surface area contributed by atoms with Crippen LogP contribution in [0.5, 0.6) is 0 Å². The van der Waals surface area contributed by atoms with Gasteiger partial charge in [0.15, 0.2) is 0 Å². The second-order valence-electron chi connectivity index (χ2n) is 12.1. The van der Waals surface area contributed by atoms with Gasteiger partial charge in [-0.25, -0.2) is 0 Å². The Kier molecular flexibility index (Phi) is 9.02. The summed E-state index contributed by atoms with van der Waals surface area (Å²) in [6, 6.07) is 68.8. The van der Waals surface area contributed by atoms with E-state index in [1.54, 1.807) is 0 Å². The van der Waals surface area contributed by atoms with Crippen LogP contribution in [-0.2, 0) is 0 Å². The highest BCUT2D eigenvalue weighted by Crippen LogP contribution is 2.41. The molecule has 0 bridgehead atoms. The highest BCUT2D eigenvalue weighted by Gasteiger charge is 2.18. The SMILES string of the molecule is CC(C)c1ccc(N(c2ccc(N(c3ccccc3)c3ccccc3)cc2)c2ccc(N(c3ccccc3)c3ccccc3)cc2)cc1. The minimum absolute atomic E-state index is 0.468. The van der Waals surface area contributed by atoms with Gasteiger partial charge in [-0.2, -0.15) is 0 Å². The van der Waals surface area contributed by atoms with E-state index in [9.17, 15) is 0 Å². The van der Waals surface area contributed by atoms with E-state index in [2.05, 4.69) is 223 Å². The highest BCUT2D eigenvalue weighted by molar-refractivity contribution is 5.83. The molecule has 0 spiro atoms. The number of anilines is 9. The first-order valence-electron chi connectivity index (χ1n) is 16.6. The van der Waals surface area contributed by atoms with E-state index in [0.717, 1.165) is 51.2 Å². The zero-order chi connectivity index (χ0) is 32.7. The quantitative estimate of drug-likeness (QED) is 0.150. The smallest absolute Gasteiger partial charge is 0.0463 e. The lowest BCUT2D eigenvalue weighted by molar-refractivity contribution is 0.866. The fourth-order valence-corrected chi connectivity index (χ4v) is 6.16. The standard InChI is InChI=1S/C45H39N3/c1-35(2)36-23-25-41(26-24-36)48(44-31-27-42(28-32-44)46(37-15-7-3-8-16-37)38-17-9-4-10-18-38)45-33-29-43(30-34-45)47(39-19-11-5-12-20-39)40-21-13-6-14-22-40/h3-35H,1-2H3. The van der Waals surface area contributed by atoms with Crippen LogP contribution in [0.1, 0.15) is 25.3 Å². The fourth-order valence-electron chi connectivity index (χ4n) is 6.16. The van der Waals surface area contributed by atoms with Gasteiger partial charge in [0, 0.05) is 51.2 Å². The molecule has 0 heterocycles. The number of nitrogens with zero attached hydrogens (tertiary/aromatic N) is 3. The van der Waals surface area contributed by atoms with Crippen molar-refractivity contribution in [3.05, 3.63) is 200 Å². The van der Waals surface area contributed by atoms with Gasteiger partial charge in [0.2, 0.25) is 0 Å². The summed E-state index contributed by atoms with van der Waals surface area (Å²) in [5.41, 5.74) is 11.3. The lowest BCUT2D eigenvalue weighted by atomic mass is 10.0. The highest BCUT2D eigenvalue weighted by atomic mass is 15.2. The summed E-state index contributed by atoms with van der Waals surface area (Å²) in [5.74, 6) is 0.468. The topological polar surface area (TPSA) is 9.72 Å². The Hall–Kier alpha value is -6.06. The predicted molar refractivity (Wildman–Crippen MR) is 205 cm³/mol. The van der Waals surface area contributed by atoms with Gasteiger partial charge < -0.3 is 14.7 Å². The molecule has 7 aromatic rings. The van der Waals surface area contributed by atoms with Crippen LogP contribution in [0.4, 0.5) is 51.2 Å². The zero-order valence-corrected chi connectivity index (χ0v) is 27.4. The van der Waals surface area contributed by atoms with Gasteiger partial charge in [0.1, 0.15) is 0 Å². The van der Waals surface area contributed by atoms with Gasteiger partial charge in [0.25, 0.3) is 0 Å². The third-order valence-corrected chi connectivity index (χ3v) is 8.61. The van der Waals surface area contributed by atoms with Gasteiger partial charge in [-0.05, 0) is 121 Å². The van der Waals surface area contributed by atoms with E-state index in [1.807, 2.05) is 0 Å². The molecule has 0 atom stereocenters. The Morgan fingerprint density at radius 1 is 0.250 bits per heavy atom. The Morgan fingerprint density at radius 2 is 0.438 bits per heavy atom. The largest absolute Gasteiger partial charge is 0.311 e. The van der Waals surface area contributed by atoms with Gasteiger partial charge in [-0.3, -0.25) is 0 Å². The van der Waals surface area contributed by atoms with E-state index in [0.29, 0.717) is 5.92 Å². The molecule has 234 valence electrons. The van der Waals surface area contributed by atoms with Crippen LogP contribution in [-0.4, -0.2) is 0 Å². The molecule has 0 amide bonds. The minimum Gasteiger partial charge on any atom is -0.311 e. The maximum Gasteiger partial charge on any atom is 0.0463 e. The second kappa shape index (κ2) is 14.1. The van der Waals surface area contributed by atoms with Crippen molar-refractivity contribution in [3.8, 4) is 0 Å². The number of para-hydroxylation sites is 4. The monoisotopic (exact) mass is 621 g/mol. The maximum atomic E-state index is 2.34. The van der Waals surface area contributed by atoms with Crippen molar-refractivity contribution >= 4 is 51.2 Å². The predicted octanol–water partition coefficient (Wildman–Crippen LogP) is 13.2. The summed E-state index contributed by atoms with van der Waals surface area (Å²) < 4.78 is 0. The van der Waals surface area contributed by atoms with E-state index in [-0.39, 0.29) is 0 Å². The molecule has 0 unspecified atom stereocenters. The van der Waals surface area contributed by atoms with Crippen molar-refractivity contribution in [1.82, 2.24) is 0 Å². The first-order chi connectivity index (χ1) is 23.7. The van der Waals surface area contributed by atoms with Crippen LogP contribution < -0.4 is 14.7 Å². The van der Waals surface area contributed by atoms with Crippen molar-refractivity contribution in [3.63, 3.8) is 0 Å². The molecular weight excluding hydrogens is 583 g/mol. The Labute approximate surface area is 284 Å². The van der Waals surface area contributed by atoms with Crippen molar-refractivity contribution in [2.24, 2.45) is 0 Å². The first-order valence-corrected chi connectivity index (χ1v) is 16.6. The first kappa shape index (κ1) is 30.6. The Bertz CT molecular complexity index is 1800. The molecule has 7 aromatic carbocycles. The molecule has 0 N–H and O–H groups in total. The van der Waals surface area contributed by atoms with Crippen LogP contribution in [0.2, 0.25) is 0 Å². The second-order valence-corrected chi connectivity index (χ2v) is 12.1. The number of hydrogen-bond donors (Lipinski definition) is 0. The van der Waals surface area contributed by atoms with E-state index in [1.165, 1.54) is 5.56 Å². The zero-order valence-electron chi connectivity index (χ0n) is 27.4. The summed E-state index contributed by atoms with van der Waals surface area (Å²) in [5, 5.41) is 0. The van der Waals surface area contributed by atoms with Crippen molar-refractivity contribution in [2.75, 3.05) is 14.7 Å². The Morgan fingerprint density at radius 3 is 0.646 bits per heavy atom. The molecule has 0 aliphatic carbocycles. The number of rotatable bonds is 10. The third kappa shape index (κ3) is 6.58. The summed E-state index contributed by atoms with van der Waals surface area (Å²) in [4.78, 5) is 6.92. The molecule has 0 saturated heterocycles. The van der Waals surface area contributed by atoms with Gasteiger partial charge in [0.05, 0.1) is 0 Å². The molecule has 7 rings (SSSR count). The lowest BCUT2D eigenvalue weighted by Gasteiger charge is -2.29. The molecular formula is C45H39N3. The average Bonchev–Trinajstić information content (AvgIpc) is 3.15. The van der Waals surface area contributed by atoms with Crippen LogP contribution in [0.25, 0.3) is 0 Å².